The summed E-state index contributed by atoms with van der Waals surface area (Å²) in [6.07, 6.45) is -0.862. The third kappa shape index (κ3) is 1.87. The molecular weight excluding hydrogens is 280 g/mol. The van der Waals surface area contributed by atoms with Gasteiger partial charge in [-0.1, -0.05) is 11.6 Å². The quantitative estimate of drug-likeness (QED) is 0.711. The van der Waals surface area contributed by atoms with E-state index in [2.05, 4.69) is 10.1 Å². The van der Waals surface area contributed by atoms with Gasteiger partial charge in [-0.05, 0) is 24.3 Å². The lowest BCUT2D eigenvalue weighted by atomic mass is 10.3. The van der Waals surface area contributed by atoms with E-state index in [1.807, 2.05) is 0 Å². The fourth-order valence-corrected chi connectivity index (χ4v) is 2.62. The van der Waals surface area contributed by atoms with Gasteiger partial charge in [0, 0.05) is 0 Å². The van der Waals surface area contributed by atoms with E-state index in [1.54, 1.807) is 28.9 Å². The van der Waals surface area contributed by atoms with Gasteiger partial charge in [-0.15, -0.1) is 11.3 Å². The predicted molar refractivity (Wildman–Crippen MR) is 66.3 cm³/mol. The zero-order chi connectivity index (χ0) is 12.7. The predicted octanol–water partition coefficient (Wildman–Crippen LogP) is 4.05. The smallest absolute Gasteiger partial charge is 0.235 e. The molecule has 0 bridgehead atoms. The van der Waals surface area contributed by atoms with E-state index in [-0.39, 0.29) is 4.88 Å². The number of halogens is 3. The molecule has 92 valence electrons. The highest BCUT2D eigenvalue weighted by atomic mass is 35.5. The second-order valence-corrected chi connectivity index (χ2v) is 5.07. The lowest BCUT2D eigenvalue weighted by Crippen LogP contribution is -1.92. The first-order valence-corrected chi connectivity index (χ1v) is 6.23. The van der Waals surface area contributed by atoms with Crippen LogP contribution >= 0.6 is 22.9 Å². The molecule has 0 spiro atoms. The molecule has 0 radical (unpaired) electrons. The topological polar surface area (TPSA) is 30.2 Å². The molecule has 3 nitrogen and oxygen atoms in total. The van der Waals surface area contributed by atoms with Crippen LogP contribution in [0, 0.1) is 0 Å². The summed E-state index contributed by atoms with van der Waals surface area (Å²) in [5.74, 6) is 0. The van der Waals surface area contributed by atoms with Crippen LogP contribution in [0.5, 0.6) is 0 Å². The number of alkyl halides is 2. The molecule has 3 heterocycles. The standard InChI is InChI=1S/C11H6ClF2N3S/c12-9-3-4-10-15-5-6(17(10)16-9)7-1-2-8(18-7)11(13)14/h1-5,11H. The molecule has 0 N–H and O–H groups in total. The Kier molecular flexibility index (Phi) is 2.76. The molecule has 18 heavy (non-hydrogen) atoms. The summed E-state index contributed by atoms with van der Waals surface area (Å²) in [6, 6.07) is 6.40. The van der Waals surface area contributed by atoms with E-state index in [1.165, 1.54) is 6.07 Å². The number of rotatable bonds is 2. The maximum atomic E-state index is 12.6. The van der Waals surface area contributed by atoms with Crippen molar-refractivity contribution in [1.29, 1.82) is 0 Å². The minimum atomic E-state index is -2.46. The first-order valence-electron chi connectivity index (χ1n) is 5.04. The van der Waals surface area contributed by atoms with Crippen molar-refractivity contribution in [2.24, 2.45) is 0 Å². The van der Waals surface area contributed by atoms with Crippen molar-refractivity contribution < 1.29 is 8.78 Å². The summed E-state index contributed by atoms with van der Waals surface area (Å²) in [4.78, 5) is 4.87. The Morgan fingerprint density at radius 3 is 2.78 bits per heavy atom. The van der Waals surface area contributed by atoms with E-state index in [4.69, 9.17) is 11.6 Å². The number of nitrogens with zero attached hydrogens (tertiary/aromatic N) is 3. The molecule has 0 unspecified atom stereocenters. The molecule has 0 aliphatic rings. The van der Waals surface area contributed by atoms with Crippen molar-refractivity contribution in [1.82, 2.24) is 14.6 Å². The van der Waals surface area contributed by atoms with Gasteiger partial charge in [0.1, 0.15) is 10.8 Å². The minimum Gasteiger partial charge on any atom is -0.235 e. The molecule has 3 rings (SSSR count). The molecule has 0 saturated heterocycles. The third-order valence-electron chi connectivity index (χ3n) is 2.42. The second-order valence-electron chi connectivity index (χ2n) is 3.57. The van der Waals surface area contributed by atoms with Gasteiger partial charge in [-0.25, -0.2) is 18.3 Å². The van der Waals surface area contributed by atoms with Gasteiger partial charge in [-0.2, -0.15) is 5.10 Å². The van der Waals surface area contributed by atoms with Crippen LogP contribution in [0.4, 0.5) is 8.78 Å². The van der Waals surface area contributed by atoms with Gasteiger partial charge in [-0.3, -0.25) is 0 Å². The zero-order valence-electron chi connectivity index (χ0n) is 8.85. The van der Waals surface area contributed by atoms with Crippen LogP contribution in [0.3, 0.4) is 0 Å². The Bertz CT molecular complexity index is 707. The Hall–Kier alpha value is -1.53. The Balaban J connectivity index is 2.15. The molecule has 7 heteroatoms. The molecule has 0 fully saturated rings. The molecule has 0 aromatic carbocycles. The lowest BCUT2D eigenvalue weighted by Gasteiger charge is -1.98. The zero-order valence-corrected chi connectivity index (χ0v) is 10.4. The number of aromatic nitrogens is 3. The van der Waals surface area contributed by atoms with Crippen LogP contribution < -0.4 is 0 Å². The largest absolute Gasteiger partial charge is 0.272 e. The Labute approximate surface area is 110 Å². The molecule has 0 aliphatic carbocycles. The highest BCUT2D eigenvalue weighted by Crippen LogP contribution is 2.33. The summed E-state index contributed by atoms with van der Waals surface area (Å²) in [7, 11) is 0. The molecule has 3 aromatic heterocycles. The number of hydrogen-bond donors (Lipinski definition) is 0. The molecule has 3 aromatic rings. The fraction of sp³-hybridized carbons (Fsp3) is 0.0909. The van der Waals surface area contributed by atoms with E-state index in [0.29, 0.717) is 21.4 Å². The fourth-order valence-electron chi connectivity index (χ4n) is 1.63. The van der Waals surface area contributed by atoms with Gasteiger partial charge in [0.25, 0.3) is 6.43 Å². The number of fused-ring (bicyclic) bond motifs is 1. The van der Waals surface area contributed by atoms with Gasteiger partial charge in [0.15, 0.2) is 5.65 Å². The van der Waals surface area contributed by atoms with E-state index in [0.717, 1.165) is 11.3 Å². The summed E-state index contributed by atoms with van der Waals surface area (Å²) < 4.78 is 26.6. The lowest BCUT2D eigenvalue weighted by molar-refractivity contribution is 0.155. The van der Waals surface area contributed by atoms with Crippen LogP contribution in [0.1, 0.15) is 11.3 Å². The average molecular weight is 286 g/mol. The highest BCUT2D eigenvalue weighted by Gasteiger charge is 2.14. The van der Waals surface area contributed by atoms with Crippen LogP contribution in [0.15, 0.2) is 30.5 Å². The van der Waals surface area contributed by atoms with Gasteiger partial charge >= 0.3 is 0 Å². The normalized spacial score (nSPS) is 11.6. The average Bonchev–Trinajstić information content (AvgIpc) is 2.93. The van der Waals surface area contributed by atoms with Crippen LogP contribution in [-0.4, -0.2) is 14.6 Å². The molecule has 0 saturated carbocycles. The van der Waals surface area contributed by atoms with E-state index < -0.39 is 6.43 Å². The second kappa shape index (κ2) is 4.29. The molecule has 0 amide bonds. The first kappa shape index (κ1) is 11.6. The number of imidazole rings is 1. The summed E-state index contributed by atoms with van der Waals surface area (Å²) in [5.41, 5.74) is 1.28. The number of hydrogen-bond acceptors (Lipinski definition) is 3. The Morgan fingerprint density at radius 1 is 1.22 bits per heavy atom. The maximum absolute atomic E-state index is 12.6. The summed E-state index contributed by atoms with van der Waals surface area (Å²) in [6.45, 7) is 0. The van der Waals surface area contributed by atoms with Crippen LogP contribution in [-0.2, 0) is 0 Å². The molecule has 0 atom stereocenters. The van der Waals surface area contributed by atoms with E-state index >= 15 is 0 Å². The van der Waals surface area contributed by atoms with Crippen LogP contribution in [0.2, 0.25) is 5.15 Å². The summed E-state index contributed by atoms with van der Waals surface area (Å²) >= 11 is 6.84. The third-order valence-corrected chi connectivity index (χ3v) is 3.74. The molecule has 0 aliphatic heterocycles. The minimum absolute atomic E-state index is 0.0296. The first-order chi connectivity index (χ1) is 8.65. The van der Waals surface area contributed by atoms with E-state index in [9.17, 15) is 8.78 Å². The molecular formula is C11H6ClF2N3S. The van der Waals surface area contributed by atoms with Crippen molar-refractivity contribution in [3.63, 3.8) is 0 Å². The number of thiophene rings is 1. The monoisotopic (exact) mass is 285 g/mol. The Morgan fingerprint density at radius 2 is 2.06 bits per heavy atom. The van der Waals surface area contributed by atoms with Crippen molar-refractivity contribution in [3.05, 3.63) is 40.5 Å². The SMILES string of the molecule is FC(F)c1ccc(-c2cnc3ccc(Cl)nn23)s1. The van der Waals surface area contributed by atoms with Crippen LogP contribution in [0.25, 0.3) is 16.2 Å². The van der Waals surface area contributed by atoms with Crippen molar-refractivity contribution in [3.8, 4) is 10.6 Å². The van der Waals surface area contributed by atoms with Crippen molar-refractivity contribution >= 4 is 28.6 Å². The highest BCUT2D eigenvalue weighted by molar-refractivity contribution is 7.15. The van der Waals surface area contributed by atoms with Crippen molar-refractivity contribution in [2.45, 2.75) is 6.43 Å². The van der Waals surface area contributed by atoms with Gasteiger partial charge in [0.2, 0.25) is 0 Å². The maximum Gasteiger partial charge on any atom is 0.272 e. The van der Waals surface area contributed by atoms with Gasteiger partial charge < -0.3 is 0 Å². The van der Waals surface area contributed by atoms with Gasteiger partial charge in [0.05, 0.1) is 16.0 Å². The van der Waals surface area contributed by atoms with Crippen molar-refractivity contribution in [2.75, 3.05) is 0 Å². The summed E-state index contributed by atoms with van der Waals surface area (Å²) in [5, 5.41) is 4.43.